The molecule has 100 valence electrons. The molecule has 2 aromatic rings. The molecule has 0 unspecified atom stereocenters. The molecule has 19 heavy (non-hydrogen) atoms. The van der Waals surface area contributed by atoms with Gasteiger partial charge in [0.05, 0.1) is 12.1 Å². The van der Waals surface area contributed by atoms with Crippen molar-refractivity contribution in [3.63, 3.8) is 0 Å². The molecule has 0 bridgehead atoms. The number of aromatic nitrogens is 2. The zero-order chi connectivity index (χ0) is 13.1. The molecule has 0 spiro atoms. The van der Waals surface area contributed by atoms with Gasteiger partial charge in [-0.1, -0.05) is 6.07 Å². The van der Waals surface area contributed by atoms with E-state index >= 15 is 0 Å². The van der Waals surface area contributed by atoms with Gasteiger partial charge in [-0.25, -0.2) is 4.98 Å². The Hall–Kier alpha value is -1.88. The Kier molecular flexibility index (Phi) is 3.46. The Morgan fingerprint density at radius 3 is 3.16 bits per heavy atom. The number of nitrogens with zero attached hydrogens (tertiary/aromatic N) is 3. The lowest BCUT2D eigenvalue weighted by Gasteiger charge is -2.19. The third-order valence-electron chi connectivity index (χ3n) is 3.44. The highest BCUT2D eigenvalue weighted by Gasteiger charge is 2.16. The van der Waals surface area contributed by atoms with Gasteiger partial charge in [0.15, 0.2) is 0 Å². The zero-order valence-electron chi connectivity index (χ0n) is 10.9. The van der Waals surface area contributed by atoms with Crippen molar-refractivity contribution in [2.45, 2.75) is 12.8 Å². The molecule has 1 aliphatic rings. The normalized spacial score (nSPS) is 16.5. The molecule has 1 amide bonds. The fourth-order valence-electron chi connectivity index (χ4n) is 2.43. The van der Waals surface area contributed by atoms with Crippen LogP contribution in [0, 0.1) is 0 Å². The standard InChI is InChI=1S/C14H18N4O/c19-14(17-8-3-5-15-6-9-17)10-12-11-18-7-2-1-4-13(18)16-12/h1-2,4,7,11,15H,3,5-6,8-10H2. The Morgan fingerprint density at radius 1 is 1.32 bits per heavy atom. The number of pyridine rings is 1. The van der Waals surface area contributed by atoms with E-state index in [4.69, 9.17) is 0 Å². The number of hydrogen-bond acceptors (Lipinski definition) is 3. The third kappa shape index (κ3) is 2.76. The molecule has 1 aliphatic heterocycles. The average molecular weight is 258 g/mol. The highest BCUT2D eigenvalue weighted by Crippen LogP contribution is 2.07. The third-order valence-corrected chi connectivity index (χ3v) is 3.44. The molecule has 5 nitrogen and oxygen atoms in total. The average Bonchev–Trinajstić information content (AvgIpc) is 2.63. The fraction of sp³-hybridized carbons (Fsp3) is 0.429. The molecule has 5 heteroatoms. The molecule has 0 saturated carbocycles. The fourth-order valence-corrected chi connectivity index (χ4v) is 2.43. The van der Waals surface area contributed by atoms with Crippen LogP contribution >= 0.6 is 0 Å². The minimum Gasteiger partial charge on any atom is -0.341 e. The topological polar surface area (TPSA) is 49.6 Å². The predicted octanol–water partition coefficient (Wildman–Crippen LogP) is 0.699. The monoisotopic (exact) mass is 258 g/mol. The van der Waals surface area contributed by atoms with Crippen LogP contribution in [0.15, 0.2) is 30.6 Å². The van der Waals surface area contributed by atoms with Crippen LogP contribution in [-0.2, 0) is 11.2 Å². The van der Waals surface area contributed by atoms with E-state index < -0.39 is 0 Å². The molecule has 0 radical (unpaired) electrons. The molecule has 1 fully saturated rings. The minimum atomic E-state index is 0.173. The van der Waals surface area contributed by atoms with Crippen LogP contribution in [0.5, 0.6) is 0 Å². The first-order valence-electron chi connectivity index (χ1n) is 6.74. The Morgan fingerprint density at radius 2 is 2.26 bits per heavy atom. The van der Waals surface area contributed by atoms with Crippen LogP contribution in [-0.4, -0.2) is 46.4 Å². The largest absolute Gasteiger partial charge is 0.341 e. The van der Waals surface area contributed by atoms with E-state index in [1.807, 2.05) is 39.9 Å². The summed E-state index contributed by atoms with van der Waals surface area (Å²) in [5.41, 5.74) is 1.73. The first-order chi connectivity index (χ1) is 9.33. The summed E-state index contributed by atoms with van der Waals surface area (Å²) >= 11 is 0. The van der Waals surface area contributed by atoms with E-state index in [1.165, 1.54) is 0 Å². The first kappa shape index (κ1) is 12.2. The smallest absolute Gasteiger partial charge is 0.228 e. The first-order valence-corrected chi connectivity index (χ1v) is 6.74. The lowest BCUT2D eigenvalue weighted by atomic mass is 10.3. The molecule has 1 saturated heterocycles. The molecule has 2 aromatic heterocycles. The molecule has 3 rings (SSSR count). The molecular weight excluding hydrogens is 240 g/mol. The predicted molar refractivity (Wildman–Crippen MR) is 73.0 cm³/mol. The van der Waals surface area contributed by atoms with Gasteiger partial charge in [0, 0.05) is 32.0 Å². The maximum absolute atomic E-state index is 12.2. The number of imidazole rings is 1. The number of carbonyl (C=O) groups is 1. The highest BCUT2D eigenvalue weighted by molar-refractivity contribution is 5.78. The van der Waals surface area contributed by atoms with Crippen molar-refractivity contribution >= 4 is 11.6 Å². The van der Waals surface area contributed by atoms with E-state index in [1.54, 1.807) is 0 Å². The molecule has 0 atom stereocenters. The van der Waals surface area contributed by atoms with Crippen molar-refractivity contribution in [1.29, 1.82) is 0 Å². The van der Waals surface area contributed by atoms with Gasteiger partial charge in [-0.15, -0.1) is 0 Å². The van der Waals surface area contributed by atoms with Gasteiger partial charge in [0.2, 0.25) is 5.91 Å². The van der Waals surface area contributed by atoms with Crippen molar-refractivity contribution in [3.8, 4) is 0 Å². The number of nitrogens with one attached hydrogen (secondary N) is 1. The summed E-state index contributed by atoms with van der Waals surface area (Å²) in [4.78, 5) is 18.7. The number of fused-ring (bicyclic) bond motifs is 1. The summed E-state index contributed by atoms with van der Waals surface area (Å²) in [6.07, 6.45) is 5.30. The van der Waals surface area contributed by atoms with Crippen molar-refractivity contribution in [2.24, 2.45) is 0 Å². The van der Waals surface area contributed by atoms with Gasteiger partial charge < -0.3 is 14.6 Å². The second-order valence-electron chi connectivity index (χ2n) is 4.86. The van der Waals surface area contributed by atoms with Crippen molar-refractivity contribution < 1.29 is 4.79 Å². The van der Waals surface area contributed by atoms with Crippen LogP contribution in [0.2, 0.25) is 0 Å². The van der Waals surface area contributed by atoms with E-state index in [0.717, 1.165) is 43.9 Å². The minimum absolute atomic E-state index is 0.173. The zero-order valence-corrected chi connectivity index (χ0v) is 10.9. The molecule has 0 aliphatic carbocycles. The number of rotatable bonds is 2. The van der Waals surface area contributed by atoms with E-state index in [2.05, 4.69) is 10.3 Å². The lowest BCUT2D eigenvalue weighted by molar-refractivity contribution is -0.130. The maximum Gasteiger partial charge on any atom is 0.228 e. The van der Waals surface area contributed by atoms with Gasteiger partial charge in [-0.3, -0.25) is 4.79 Å². The molecule has 1 N–H and O–H groups in total. The SMILES string of the molecule is O=C(Cc1cn2ccccc2n1)N1CCCNCC1. The van der Waals surface area contributed by atoms with Crippen LogP contribution in [0.1, 0.15) is 12.1 Å². The Labute approximate surface area is 112 Å². The second-order valence-corrected chi connectivity index (χ2v) is 4.86. The summed E-state index contributed by atoms with van der Waals surface area (Å²) < 4.78 is 1.95. The molecular formula is C14H18N4O. The van der Waals surface area contributed by atoms with E-state index in [0.29, 0.717) is 6.42 Å². The number of carbonyl (C=O) groups excluding carboxylic acids is 1. The van der Waals surface area contributed by atoms with Crippen LogP contribution in [0.4, 0.5) is 0 Å². The maximum atomic E-state index is 12.2. The summed E-state index contributed by atoms with van der Waals surface area (Å²) in [5, 5.41) is 3.30. The lowest BCUT2D eigenvalue weighted by Crippen LogP contribution is -2.35. The Bertz CT molecular complexity index is 537. The van der Waals surface area contributed by atoms with Gasteiger partial charge >= 0.3 is 0 Å². The van der Waals surface area contributed by atoms with Crippen molar-refractivity contribution in [2.75, 3.05) is 26.2 Å². The number of hydrogen-bond donors (Lipinski definition) is 1. The van der Waals surface area contributed by atoms with Gasteiger partial charge in [0.1, 0.15) is 5.65 Å². The molecule has 3 heterocycles. The van der Waals surface area contributed by atoms with Crippen LogP contribution < -0.4 is 5.32 Å². The second kappa shape index (κ2) is 5.40. The van der Waals surface area contributed by atoms with Gasteiger partial charge in [-0.05, 0) is 25.1 Å². The highest BCUT2D eigenvalue weighted by atomic mass is 16.2. The summed E-state index contributed by atoms with van der Waals surface area (Å²) in [6, 6.07) is 5.86. The quantitative estimate of drug-likeness (QED) is 0.862. The van der Waals surface area contributed by atoms with Crippen molar-refractivity contribution in [1.82, 2.24) is 19.6 Å². The summed E-state index contributed by atoms with van der Waals surface area (Å²) in [7, 11) is 0. The van der Waals surface area contributed by atoms with E-state index in [-0.39, 0.29) is 5.91 Å². The van der Waals surface area contributed by atoms with Gasteiger partial charge in [0.25, 0.3) is 0 Å². The molecule has 0 aromatic carbocycles. The summed E-state index contributed by atoms with van der Waals surface area (Å²) in [6.45, 7) is 3.53. The number of amides is 1. The van der Waals surface area contributed by atoms with Crippen LogP contribution in [0.3, 0.4) is 0 Å². The van der Waals surface area contributed by atoms with Crippen LogP contribution in [0.25, 0.3) is 5.65 Å². The Balaban J connectivity index is 1.71. The van der Waals surface area contributed by atoms with Gasteiger partial charge in [-0.2, -0.15) is 0 Å². The summed E-state index contributed by atoms with van der Waals surface area (Å²) in [5.74, 6) is 0.173. The van der Waals surface area contributed by atoms with E-state index in [9.17, 15) is 4.79 Å². The van der Waals surface area contributed by atoms with Crippen molar-refractivity contribution in [3.05, 3.63) is 36.3 Å².